The number of aryl methyl sites for hydroxylation is 9. The van der Waals surface area contributed by atoms with Gasteiger partial charge in [-0.05, 0) is 105 Å². The molecule has 0 aliphatic rings. The van der Waals surface area contributed by atoms with E-state index in [1.807, 2.05) is 235 Å². The van der Waals surface area contributed by atoms with Gasteiger partial charge in [0.15, 0.2) is 0 Å². The molecule has 536 valence electrons. The van der Waals surface area contributed by atoms with Crippen molar-refractivity contribution in [1.29, 1.82) is 0 Å². The minimum atomic E-state index is 0.792. The molecular weight excluding hydrogens is 1260 g/mol. The molecule has 0 saturated carbocycles. The van der Waals surface area contributed by atoms with Gasteiger partial charge in [0.2, 0.25) is 25.3 Å². The molecule has 8 aromatic heterocycles. The summed E-state index contributed by atoms with van der Waals surface area (Å²) >= 11 is 1.84. The third-order valence-electron chi connectivity index (χ3n) is 13.8. The summed E-state index contributed by atoms with van der Waals surface area (Å²) in [6, 6.07) is 38.4. The van der Waals surface area contributed by atoms with Gasteiger partial charge >= 0.3 is 0 Å². The molecule has 0 radical (unpaired) electrons. The maximum Gasteiger partial charge on any atom is 0.292 e. The normalized spacial score (nSPS) is 9.35. The fourth-order valence-corrected chi connectivity index (χ4v) is 11.1. The summed E-state index contributed by atoms with van der Waals surface area (Å²) in [4.78, 5) is 41.6. The highest BCUT2D eigenvalue weighted by Crippen LogP contribution is 2.38. The maximum atomic E-state index is 5.91. The van der Waals surface area contributed by atoms with Gasteiger partial charge in [0, 0.05) is 66.0 Å². The van der Waals surface area contributed by atoms with Crippen LogP contribution in [-0.2, 0) is 35.2 Å². The summed E-state index contributed by atoms with van der Waals surface area (Å²) < 4.78 is 18.5. The van der Waals surface area contributed by atoms with Crippen molar-refractivity contribution in [2.24, 2.45) is 35.2 Å². The zero-order valence-electron chi connectivity index (χ0n) is 66.7. The summed E-state index contributed by atoms with van der Waals surface area (Å²) in [7, 11) is 9.91. The van der Waals surface area contributed by atoms with Crippen molar-refractivity contribution in [2.45, 2.75) is 180 Å². The molecule has 0 bridgehead atoms. The van der Waals surface area contributed by atoms with E-state index in [0.29, 0.717) is 0 Å². The van der Waals surface area contributed by atoms with Gasteiger partial charge in [-0.25, -0.2) is 28.2 Å². The Bertz CT molecular complexity index is 4350. The number of aromatic nitrogens is 15. The first kappa shape index (κ1) is 90.3. The van der Waals surface area contributed by atoms with Gasteiger partial charge in [0.05, 0.1) is 44.9 Å². The molecular formula is C83H121N15OS+4. The van der Waals surface area contributed by atoms with Crippen LogP contribution in [0.25, 0.3) is 110 Å². The largest absolute Gasteiger partial charge is 0.456 e. The van der Waals surface area contributed by atoms with E-state index < -0.39 is 0 Å². The fraction of sp³-hybridized carbons (Fsp3) is 0.373. The van der Waals surface area contributed by atoms with Gasteiger partial charge in [0.25, 0.3) is 48.6 Å². The Morgan fingerprint density at radius 2 is 0.700 bits per heavy atom. The van der Waals surface area contributed by atoms with Crippen molar-refractivity contribution in [2.75, 3.05) is 0 Å². The third kappa shape index (κ3) is 23.2. The Kier molecular flexibility index (Phi) is 45.6. The number of benzene rings is 6. The predicted octanol–water partition coefficient (Wildman–Crippen LogP) is 21.1. The number of thiophene rings is 1. The molecule has 0 N–H and O–H groups in total. The van der Waals surface area contributed by atoms with Crippen LogP contribution in [0.1, 0.15) is 175 Å². The van der Waals surface area contributed by atoms with E-state index in [4.69, 9.17) is 4.42 Å². The number of rotatable bonds is 4. The van der Waals surface area contributed by atoms with E-state index in [1.165, 1.54) is 65.8 Å². The highest BCUT2D eigenvalue weighted by Gasteiger charge is 2.20. The second-order valence-corrected chi connectivity index (χ2v) is 20.2. The van der Waals surface area contributed by atoms with Crippen molar-refractivity contribution in [3.8, 4) is 45.7 Å². The summed E-state index contributed by atoms with van der Waals surface area (Å²) in [6.45, 7) is 52.3. The van der Waals surface area contributed by atoms with E-state index in [2.05, 4.69) is 173 Å². The van der Waals surface area contributed by atoms with Gasteiger partial charge in [-0.2, -0.15) is 0 Å². The van der Waals surface area contributed by atoms with Crippen molar-refractivity contribution < 1.29 is 22.7 Å². The number of para-hydroxylation sites is 2. The number of nitrogens with zero attached hydrogens (tertiary/aromatic N) is 15. The van der Waals surface area contributed by atoms with Gasteiger partial charge in [-0.1, -0.05) is 247 Å². The standard InChI is InChI=1S/C18H17N4.C17H14N3O.C17H14N3S.C9H10N5.11C2H6/c1-12-8-17-15(13-6-4-5-7-16(13)22(17)3)9-14(12)18-20-10-19-11-21(18)2;2*1-11-7-16-14(12-5-3-4-6-15(12)21-16)8-13(11)17-19-9-18-10-20(17)2;1-7-3-10-4-12-8(7)9-13-5-11-6-14(9)2;11*1-2/h4-11H,1-3H3;2*3-10H,1-2H3;3-6H,1-2H3;11*1-2H3/q4*+1;;;;;;;;;;;. The van der Waals surface area contributed by atoms with Crippen LogP contribution in [0.15, 0.2) is 177 Å². The second kappa shape index (κ2) is 50.6. The first-order valence-electron chi connectivity index (χ1n) is 36.2. The Morgan fingerprint density at radius 1 is 0.320 bits per heavy atom. The molecule has 17 heteroatoms. The van der Waals surface area contributed by atoms with E-state index in [9.17, 15) is 0 Å². The maximum absolute atomic E-state index is 5.91. The minimum absolute atomic E-state index is 0.792. The lowest BCUT2D eigenvalue weighted by atomic mass is 10.0. The molecule has 14 aromatic rings. The monoisotopic (exact) mass is 1380 g/mol. The molecule has 0 fully saturated rings. The molecule has 6 aromatic carbocycles. The molecule has 0 atom stereocenters. The van der Waals surface area contributed by atoms with Crippen molar-refractivity contribution in [1.82, 2.24) is 54.4 Å². The van der Waals surface area contributed by atoms with E-state index in [0.717, 1.165) is 78.7 Å². The van der Waals surface area contributed by atoms with E-state index in [1.54, 1.807) is 50.5 Å². The quantitative estimate of drug-likeness (QED) is 0.154. The van der Waals surface area contributed by atoms with Crippen LogP contribution >= 0.6 is 11.3 Å². The summed E-state index contributed by atoms with van der Waals surface area (Å²) in [5, 5.41) is 7.40. The molecule has 8 heterocycles. The molecule has 0 saturated heterocycles. The third-order valence-corrected chi connectivity index (χ3v) is 15.0. The van der Waals surface area contributed by atoms with Crippen molar-refractivity contribution in [3.05, 3.63) is 195 Å². The Hall–Kier alpha value is -9.74. The molecule has 0 aliphatic heterocycles. The summed E-state index contributed by atoms with van der Waals surface area (Å²) in [5.41, 5.74) is 13.2. The van der Waals surface area contributed by atoms with Crippen LogP contribution in [0.2, 0.25) is 0 Å². The topological polar surface area (TPSA) is 162 Å². The average molecular weight is 1380 g/mol. The first-order valence-corrected chi connectivity index (χ1v) is 37.0. The lowest BCUT2D eigenvalue weighted by molar-refractivity contribution is -0.666. The molecule has 0 spiro atoms. The van der Waals surface area contributed by atoms with Crippen molar-refractivity contribution >= 4 is 75.3 Å². The smallest absolute Gasteiger partial charge is 0.292 e. The molecule has 16 nitrogen and oxygen atoms in total. The highest BCUT2D eigenvalue weighted by molar-refractivity contribution is 7.25. The SMILES string of the molecule is CC.CC.CC.CC.CC.CC.CC.CC.CC.CC.CC.Cc1cc2c(cc1-c1ncnc[n+]1C)c1ccccc1n2C.Cc1cc2oc3ccccc3c2cc1-c1ncnc[n+]1C.Cc1cc2sc3ccccc3c2cc1-c1ncnc[n+]1C.Cc1cncnc1-c1ncnc[n+]1C. The molecule has 0 aliphatic carbocycles. The molecule has 14 rings (SSSR count). The van der Waals surface area contributed by atoms with Gasteiger partial charge < -0.3 is 8.98 Å². The van der Waals surface area contributed by atoms with Crippen LogP contribution in [-0.4, -0.2) is 54.4 Å². The minimum Gasteiger partial charge on any atom is -0.456 e. The molecule has 0 unspecified atom stereocenters. The zero-order valence-corrected chi connectivity index (χ0v) is 67.5. The first-order chi connectivity index (χ1) is 48.9. The predicted molar refractivity (Wildman–Crippen MR) is 428 cm³/mol. The Balaban J connectivity index is 0.00000120. The Labute approximate surface area is 604 Å². The second-order valence-electron chi connectivity index (χ2n) is 19.1. The van der Waals surface area contributed by atoms with Crippen LogP contribution < -0.4 is 18.3 Å². The van der Waals surface area contributed by atoms with Gasteiger partial charge in [-0.15, -0.1) is 11.3 Å². The summed E-state index contributed by atoms with van der Waals surface area (Å²) in [5.74, 6) is 3.57. The lowest BCUT2D eigenvalue weighted by Crippen LogP contribution is -2.32. The van der Waals surface area contributed by atoms with Crippen LogP contribution in [0, 0.1) is 27.7 Å². The molecule has 0 amide bonds. The zero-order chi connectivity index (χ0) is 76.0. The van der Waals surface area contributed by atoms with Crippen LogP contribution in [0.4, 0.5) is 0 Å². The number of hydrogen-bond donors (Lipinski definition) is 0. The van der Waals surface area contributed by atoms with Crippen LogP contribution in [0.3, 0.4) is 0 Å². The van der Waals surface area contributed by atoms with E-state index >= 15 is 0 Å². The van der Waals surface area contributed by atoms with Gasteiger partial charge in [-0.3, -0.25) is 0 Å². The fourth-order valence-electron chi connectivity index (χ4n) is 9.87. The number of furan rings is 1. The number of hydrogen-bond acceptors (Lipinski definition) is 12. The average Bonchev–Trinajstić information content (AvgIpc) is 1.61. The number of fused-ring (bicyclic) bond motifs is 9. The van der Waals surface area contributed by atoms with Crippen molar-refractivity contribution in [3.63, 3.8) is 0 Å². The summed E-state index contributed by atoms with van der Waals surface area (Å²) in [6.07, 6.45) is 16.6. The lowest BCUT2D eigenvalue weighted by Gasteiger charge is -2.05. The Morgan fingerprint density at radius 3 is 1.17 bits per heavy atom. The highest BCUT2D eigenvalue weighted by atomic mass is 32.1. The van der Waals surface area contributed by atoms with Crippen LogP contribution in [0.5, 0.6) is 0 Å². The molecule has 100 heavy (non-hydrogen) atoms. The van der Waals surface area contributed by atoms with Gasteiger partial charge in [0.1, 0.15) is 23.2 Å². The van der Waals surface area contributed by atoms with E-state index in [-0.39, 0.29) is 0 Å².